The molecule has 0 aromatic heterocycles. The Kier molecular flexibility index (Phi) is 16.2. The molecule has 84 heavy (non-hydrogen) atoms. The summed E-state index contributed by atoms with van der Waals surface area (Å²) in [6.07, 6.45) is 22.3. The van der Waals surface area contributed by atoms with Gasteiger partial charge in [0.25, 0.3) is 0 Å². The van der Waals surface area contributed by atoms with Crippen LogP contribution in [0.2, 0.25) is 0 Å². The van der Waals surface area contributed by atoms with Gasteiger partial charge in [0.1, 0.15) is 5.60 Å². The number of rotatable bonds is 16. The summed E-state index contributed by atoms with van der Waals surface area (Å²) in [4.78, 5) is 16.6. The second-order valence-corrected chi connectivity index (χ2v) is 30.3. The average Bonchev–Trinajstić information content (AvgIpc) is 1.22. The lowest BCUT2D eigenvalue weighted by molar-refractivity contribution is -0.282. The van der Waals surface area contributed by atoms with Gasteiger partial charge in [0.05, 0.1) is 71.4 Å². The van der Waals surface area contributed by atoms with Crippen molar-refractivity contribution >= 4 is 5.78 Å². The predicted octanol–water partition coefficient (Wildman–Crippen LogP) is 5.58. The van der Waals surface area contributed by atoms with Gasteiger partial charge in [0.2, 0.25) is 0 Å². The molecule has 9 fully saturated rings. The molecule has 10 aliphatic carbocycles. The van der Waals surface area contributed by atoms with Crippen LogP contribution in [-0.2, 0) is 14.3 Å². The van der Waals surface area contributed by atoms with Gasteiger partial charge in [-0.1, -0.05) is 63.3 Å². The van der Waals surface area contributed by atoms with Crippen LogP contribution in [0.1, 0.15) is 175 Å². The highest BCUT2D eigenvalue weighted by atomic mass is 16.5. The standard InChI is InChI=1S/C68H104N4O12/c1-4-7-38-12-16-45-52(20-13-38)84-62-55(45)50(75)9-5-26-68(62,82)63(3,79)53-23-28-67(81)57-58(71-35-37(2)74)60(78)56-46-17-19-47-43(44-18-21-54(69)72-48(44)8-6-30-73)22-27-64(80,61(57)65(47,56)34-51(76)59(46)77)36-66(53,67)41-14-10-39(11-15-41)25-31-83-42-32-40-24-29-70-49(40)33-42/h18,21-22,24,27,29,37-43,45-47,49-56,59,61-62,70-77,79-82H,4-17,19-20,23,25-26,28,30-36,69H2,1-3H3. The van der Waals surface area contributed by atoms with Crippen molar-refractivity contribution < 1.29 is 60.2 Å². The van der Waals surface area contributed by atoms with Crippen molar-refractivity contribution in [2.75, 3.05) is 19.8 Å². The van der Waals surface area contributed by atoms with E-state index in [1.165, 1.54) is 0 Å². The minimum Gasteiger partial charge on any atom is -0.396 e. The molecule has 3 aliphatic heterocycles. The Morgan fingerprint density at radius 2 is 1.68 bits per heavy atom. The van der Waals surface area contributed by atoms with E-state index in [0.717, 1.165) is 81.9 Å². The van der Waals surface area contributed by atoms with Crippen LogP contribution >= 0.6 is 0 Å². The van der Waals surface area contributed by atoms with Crippen LogP contribution in [0, 0.1) is 81.8 Å². The summed E-state index contributed by atoms with van der Waals surface area (Å²) >= 11 is 0. The van der Waals surface area contributed by atoms with E-state index >= 15 is 9.90 Å². The van der Waals surface area contributed by atoms with Crippen molar-refractivity contribution in [1.82, 2.24) is 16.0 Å². The molecule has 0 radical (unpaired) electrons. The lowest BCUT2D eigenvalue weighted by Gasteiger charge is -2.71. The lowest BCUT2D eigenvalue weighted by atomic mass is 9.34. The highest BCUT2D eigenvalue weighted by molar-refractivity contribution is 6.00. The van der Waals surface area contributed by atoms with Gasteiger partial charge in [-0.2, -0.15) is 0 Å². The summed E-state index contributed by atoms with van der Waals surface area (Å²) in [5.74, 6) is -3.72. The minimum atomic E-state index is -1.96. The van der Waals surface area contributed by atoms with Crippen LogP contribution in [0.4, 0.5) is 0 Å². The number of aliphatic hydroxyl groups is 9. The Morgan fingerprint density at radius 1 is 0.917 bits per heavy atom. The molecule has 1 spiro atoms. The van der Waals surface area contributed by atoms with Crippen LogP contribution in [0.15, 0.2) is 59.1 Å². The Labute approximate surface area is 498 Å². The summed E-state index contributed by atoms with van der Waals surface area (Å²) in [6.45, 7) is 6.24. The Bertz CT molecular complexity index is 2620. The van der Waals surface area contributed by atoms with Crippen molar-refractivity contribution in [3.8, 4) is 0 Å². The first kappa shape index (κ1) is 60.2. The van der Waals surface area contributed by atoms with Crippen molar-refractivity contribution in [2.24, 2.45) is 87.6 Å². The Hall–Kier alpha value is -2.71. The molecule has 0 aromatic rings. The molecule has 468 valence electrons. The third-order valence-electron chi connectivity index (χ3n) is 26.3. The number of fused-ring (bicyclic) bond motifs is 6. The van der Waals surface area contributed by atoms with Crippen molar-refractivity contribution in [3.63, 3.8) is 0 Å². The zero-order valence-electron chi connectivity index (χ0n) is 50.5. The largest absolute Gasteiger partial charge is 0.396 e. The lowest BCUT2D eigenvalue weighted by Crippen LogP contribution is -2.76. The minimum absolute atomic E-state index is 0.00319. The number of nitrogens with one attached hydrogen (secondary N) is 3. The van der Waals surface area contributed by atoms with Gasteiger partial charge >= 0.3 is 0 Å². The molecule has 0 amide bonds. The number of aliphatic hydroxyl groups excluding tert-OH is 5. The maximum absolute atomic E-state index is 16.6. The fourth-order valence-corrected chi connectivity index (χ4v) is 22.9. The first-order valence-corrected chi connectivity index (χ1v) is 33.8. The van der Waals surface area contributed by atoms with E-state index in [0.29, 0.717) is 87.3 Å². The quantitative estimate of drug-likeness (QED) is 0.0841. The number of carbonyl (C=O) groups is 1. The zero-order valence-corrected chi connectivity index (χ0v) is 50.5. The highest BCUT2D eigenvalue weighted by Crippen LogP contribution is 2.79. The van der Waals surface area contributed by atoms with E-state index in [1.54, 1.807) is 13.8 Å². The van der Waals surface area contributed by atoms with E-state index in [2.05, 4.69) is 41.2 Å². The fourth-order valence-electron chi connectivity index (χ4n) is 22.9. The number of allylic oxidation sites excluding steroid dienone is 5. The first-order valence-electron chi connectivity index (χ1n) is 33.8. The molecule has 25 atom stereocenters. The summed E-state index contributed by atoms with van der Waals surface area (Å²) in [5.41, 5.74) is -1.22. The predicted molar refractivity (Wildman–Crippen MR) is 316 cm³/mol. The normalized spacial score (nSPS) is 50.2. The zero-order chi connectivity index (χ0) is 58.9. The second kappa shape index (κ2) is 22.6. The summed E-state index contributed by atoms with van der Waals surface area (Å²) < 4.78 is 13.8. The molecule has 25 unspecified atom stereocenters. The number of ketones is 1. The van der Waals surface area contributed by atoms with Crippen LogP contribution in [0.5, 0.6) is 0 Å². The van der Waals surface area contributed by atoms with E-state index in [-0.39, 0.29) is 86.7 Å². The smallest absolute Gasteiger partial charge is 0.182 e. The number of dihydropyridines is 1. The van der Waals surface area contributed by atoms with Crippen molar-refractivity contribution in [3.05, 3.63) is 59.1 Å². The summed E-state index contributed by atoms with van der Waals surface area (Å²) in [5, 5.41) is 127. The van der Waals surface area contributed by atoms with Crippen LogP contribution < -0.4 is 21.7 Å². The molecule has 13 aliphatic rings. The Morgan fingerprint density at radius 3 is 2.44 bits per heavy atom. The van der Waals surface area contributed by atoms with E-state index in [4.69, 9.17) is 15.2 Å². The SMILES string of the molecule is CCCC1CCC2OC3C(C(O)CCCC3(O)C(C)(O)C3CCC4(O)C5=C(NCC(C)O)C(=O)C6C7CCC8C(C9=C(CCCO)NC(N)C=C9)C=CC(O)(CC34C3CCC(CCOC4CC9C=CNC9C4)CC3)C5C86CC(O)C7O)C2CC1. The molecule has 1 saturated heterocycles. The van der Waals surface area contributed by atoms with Crippen LogP contribution in [0.3, 0.4) is 0 Å². The third kappa shape index (κ3) is 9.24. The maximum atomic E-state index is 16.6. The van der Waals surface area contributed by atoms with Crippen LogP contribution in [0.25, 0.3) is 0 Å². The Balaban J connectivity index is 0.964. The molecule has 16 nitrogen and oxygen atoms in total. The van der Waals surface area contributed by atoms with Gasteiger partial charge in [-0.25, -0.2) is 0 Å². The highest BCUT2D eigenvalue weighted by Gasteiger charge is 2.82. The maximum Gasteiger partial charge on any atom is 0.182 e. The number of nitrogens with two attached hydrogens (primary N) is 1. The topological polar surface area (TPSA) is 280 Å². The van der Waals surface area contributed by atoms with E-state index in [9.17, 15) is 40.9 Å². The van der Waals surface area contributed by atoms with Crippen molar-refractivity contribution in [2.45, 2.75) is 252 Å². The first-order chi connectivity index (χ1) is 40.2. The average molecular weight is 1170 g/mol. The molecular formula is C68H104N4O12. The number of hydrogen-bond donors (Lipinski definition) is 13. The van der Waals surface area contributed by atoms with Gasteiger partial charge in [-0.15, -0.1) is 0 Å². The molecule has 14 N–H and O–H groups in total. The molecule has 2 bridgehead atoms. The van der Waals surface area contributed by atoms with Gasteiger partial charge in [0.15, 0.2) is 5.78 Å². The summed E-state index contributed by atoms with van der Waals surface area (Å²) in [7, 11) is 0. The molecule has 8 saturated carbocycles. The van der Waals surface area contributed by atoms with Gasteiger partial charge in [-0.3, -0.25) is 4.79 Å². The van der Waals surface area contributed by atoms with Crippen molar-refractivity contribution in [1.29, 1.82) is 0 Å². The number of ether oxygens (including phenoxy) is 2. The second-order valence-electron chi connectivity index (χ2n) is 30.3. The number of carbonyl (C=O) groups excluding carboxylic acids is 1. The molecule has 0 aromatic carbocycles. The molecule has 3 heterocycles. The summed E-state index contributed by atoms with van der Waals surface area (Å²) in [6, 6.07) is 0.438. The van der Waals surface area contributed by atoms with E-state index in [1.807, 2.05) is 18.2 Å². The number of hydrogen-bond acceptors (Lipinski definition) is 16. The van der Waals surface area contributed by atoms with Crippen LogP contribution in [-0.4, -0.2) is 149 Å². The van der Waals surface area contributed by atoms with Gasteiger partial charge in [-0.05, 0) is 206 Å². The molecule has 16 heteroatoms. The molecular weight excluding hydrogens is 1060 g/mol. The van der Waals surface area contributed by atoms with E-state index < -0.39 is 105 Å². The van der Waals surface area contributed by atoms with Gasteiger partial charge in [0, 0.05) is 66.5 Å². The monoisotopic (exact) mass is 1170 g/mol. The third-order valence-corrected chi connectivity index (χ3v) is 26.3. The fraction of sp³-hybridized carbons (Fsp3) is 0.838. The number of Topliss-reactive ketones (excluding diaryl/α,β-unsaturated/α-hetero) is 1. The molecule has 13 rings (SSSR count). The van der Waals surface area contributed by atoms with Gasteiger partial charge < -0.3 is 77.1 Å².